The number of benzene rings is 2. The summed E-state index contributed by atoms with van der Waals surface area (Å²) in [5, 5.41) is 2.38. The number of rotatable bonds is 8. The fourth-order valence-corrected chi connectivity index (χ4v) is 5.51. The molecule has 0 saturated heterocycles. The van der Waals surface area contributed by atoms with E-state index in [2.05, 4.69) is 15.3 Å². The topological polar surface area (TPSA) is 154 Å². The van der Waals surface area contributed by atoms with Crippen molar-refractivity contribution in [2.24, 2.45) is 5.92 Å². The van der Waals surface area contributed by atoms with Crippen LogP contribution in [0.3, 0.4) is 0 Å². The molecule has 5 rings (SSSR count). The first-order valence-corrected chi connectivity index (χ1v) is 13.9. The fraction of sp³-hybridized carbons (Fsp3) is 0.333. The summed E-state index contributed by atoms with van der Waals surface area (Å²) in [5.74, 6) is -2.32. The van der Waals surface area contributed by atoms with Crippen molar-refractivity contribution in [1.82, 2.24) is 19.1 Å². The maximum absolute atomic E-state index is 14.0. The number of carbonyl (C=O) groups excluding carboxylic acids is 3. The van der Waals surface area contributed by atoms with Crippen LogP contribution in [0, 0.1) is 5.92 Å². The number of fused-ring (bicyclic) bond motifs is 1. The number of hydrogen-bond donors (Lipinski definition) is 2. The van der Waals surface area contributed by atoms with Gasteiger partial charge < -0.3 is 9.47 Å². The van der Waals surface area contributed by atoms with Gasteiger partial charge in [-0.05, 0) is 48.6 Å². The molecular weight excluding hydrogens is 599 g/mol. The lowest BCUT2D eigenvalue weighted by molar-refractivity contribution is -0.147. The molecule has 1 aliphatic carbocycles. The molecule has 3 atom stereocenters. The molecule has 0 radical (unpaired) electrons. The van der Waals surface area contributed by atoms with Gasteiger partial charge in [-0.15, -0.1) is 0 Å². The van der Waals surface area contributed by atoms with Crippen molar-refractivity contribution in [3.63, 3.8) is 0 Å². The highest BCUT2D eigenvalue weighted by molar-refractivity contribution is 5.89. The van der Waals surface area contributed by atoms with Crippen LogP contribution in [0.5, 0.6) is 0 Å². The largest absolute Gasteiger partial charge is 0.462 e. The second-order valence-electron chi connectivity index (χ2n) is 10.7. The molecule has 236 valence electrons. The highest BCUT2D eigenvalue weighted by Gasteiger charge is 2.41. The van der Waals surface area contributed by atoms with E-state index in [9.17, 15) is 37.1 Å². The number of amides is 1. The Balaban J connectivity index is 1.55. The van der Waals surface area contributed by atoms with Gasteiger partial charge in [0.15, 0.2) is 11.2 Å². The number of aromatic amines is 1. The zero-order chi connectivity index (χ0) is 32.5. The molecule has 1 amide bonds. The lowest BCUT2D eigenvalue weighted by Crippen LogP contribution is -2.33. The van der Waals surface area contributed by atoms with Gasteiger partial charge in [0, 0.05) is 13.8 Å². The van der Waals surface area contributed by atoms with Gasteiger partial charge in [-0.1, -0.05) is 30.3 Å². The van der Waals surface area contributed by atoms with E-state index >= 15 is 0 Å². The number of ether oxygens (including phenoxy) is 2. The highest BCUT2D eigenvalue weighted by atomic mass is 19.4. The quantitative estimate of drug-likeness (QED) is 0.281. The van der Waals surface area contributed by atoms with Crippen molar-refractivity contribution < 1.29 is 37.0 Å². The van der Waals surface area contributed by atoms with Crippen molar-refractivity contribution in [2.45, 2.75) is 51.6 Å². The molecule has 1 aliphatic rings. The van der Waals surface area contributed by atoms with E-state index in [0.717, 1.165) is 16.7 Å². The molecule has 0 aliphatic heterocycles. The van der Waals surface area contributed by atoms with Crippen molar-refractivity contribution in [3.8, 4) is 0 Å². The minimum atomic E-state index is -4.56. The number of carbonyl (C=O) groups is 3. The first-order valence-electron chi connectivity index (χ1n) is 13.9. The van der Waals surface area contributed by atoms with Crippen molar-refractivity contribution in [3.05, 3.63) is 92.1 Å². The summed E-state index contributed by atoms with van der Waals surface area (Å²) in [4.78, 5) is 70.4. The Bertz CT molecular complexity index is 1860. The number of anilines is 1. The van der Waals surface area contributed by atoms with E-state index in [1.54, 1.807) is 30.3 Å². The van der Waals surface area contributed by atoms with Crippen molar-refractivity contribution in [1.29, 1.82) is 0 Å². The molecule has 0 unspecified atom stereocenters. The smallest absolute Gasteiger partial charge is 0.416 e. The van der Waals surface area contributed by atoms with E-state index in [4.69, 9.17) is 9.47 Å². The lowest BCUT2D eigenvalue weighted by atomic mass is 10.1. The van der Waals surface area contributed by atoms with Crippen LogP contribution in [0.1, 0.15) is 54.2 Å². The Hall–Kier alpha value is -5.21. The number of nitrogens with zero attached hydrogens (tertiary/aromatic N) is 3. The predicted molar refractivity (Wildman–Crippen MR) is 154 cm³/mol. The van der Waals surface area contributed by atoms with Crippen LogP contribution < -0.4 is 16.6 Å². The van der Waals surface area contributed by atoms with Crippen LogP contribution in [0.2, 0.25) is 0 Å². The fourth-order valence-electron chi connectivity index (χ4n) is 5.51. The average Bonchev–Trinajstić information content (AvgIpc) is 3.48. The monoisotopic (exact) mass is 627 g/mol. The minimum Gasteiger partial charge on any atom is -0.462 e. The second kappa shape index (κ2) is 12.4. The third kappa shape index (κ3) is 6.81. The number of nitrogens with one attached hydrogen (secondary N) is 2. The van der Waals surface area contributed by atoms with Gasteiger partial charge in [-0.25, -0.2) is 9.59 Å². The normalized spacial score (nSPS) is 18.1. The second-order valence-corrected chi connectivity index (χ2v) is 10.7. The van der Waals surface area contributed by atoms with Gasteiger partial charge >= 0.3 is 23.8 Å². The molecule has 0 bridgehead atoms. The highest BCUT2D eigenvalue weighted by Crippen LogP contribution is 2.38. The van der Waals surface area contributed by atoms with E-state index in [1.165, 1.54) is 30.5 Å². The first-order chi connectivity index (χ1) is 21.3. The standard InChI is InChI=1S/C30H28F3N5O7/c1-16(39)34-28-35-25-24(26(41)36-28)37(14-18-8-10-21(11-9-18)30(31,32)33)29(43)38(25)22-12-19(13-23(22)45-17(2)40)15-44-27(42)20-6-4-3-5-7-20/h3-11,19,22-23H,12-15H2,1-2H3,(H2,34,35,36,39,41)/t19-,22+,23+/m0/s1. The van der Waals surface area contributed by atoms with Crippen LogP contribution in [-0.2, 0) is 31.8 Å². The van der Waals surface area contributed by atoms with Gasteiger partial charge in [0.05, 0.1) is 30.3 Å². The van der Waals surface area contributed by atoms with E-state index < -0.39 is 53.0 Å². The summed E-state index contributed by atoms with van der Waals surface area (Å²) in [7, 11) is 0. The van der Waals surface area contributed by atoms with Crippen LogP contribution in [0.4, 0.5) is 19.1 Å². The Morgan fingerprint density at radius 3 is 2.33 bits per heavy atom. The van der Waals surface area contributed by atoms with Crippen LogP contribution >= 0.6 is 0 Å². The van der Waals surface area contributed by atoms with Crippen LogP contribution in [-0.4, -0.2) is 49.7 Å². The van der Waals surface area contributed by atoms with E-state index in [1.807, 2.05) is 0 Å². The van der Waals surface area contributed by atoms with Crippen LogP contribution in [0.25, 0.3) is 11.2 Å². The number of esters is 2. The Labute approximate surface area is 252 Å². The van der Waals surface area contributed by atoms with Gasteiger partial charge in [0.2, 0.25) is 11.9 Å². The summed E-state index contributed by atoms with van der Waals surface area (Å²) in [6.07, 6.45) is -5.04. The van der Waals surface area contributed by atoms with Gasteiger partial charge in [0.25, 0.3) is 5.56 Å². The average molecular weight is 628 g/mol. The number of aromatic nitrogens is 4. The molecule has 2 N–H and O–H groups in total. The summed E-state index contributed by atoms with van der Waals surface area (Å²) in [5.41, 5.74) is -2.11. The Morgan fingerprint density at radius 1 is 1.02 bits per heavy atom. The zero-order valence-electron chi connectivity index (χ0n) is 24.1. The third-order valence-corrected chi connectivity index (χ3v) is 7.41. The maximum Gasteiger partial charge on any atom is 0.416 e. The number of alkyl halides is 3. The van der Waals surface area contributed by atoms with Crippen LogP contribution in [0.15, 0.2) is 64.2 Å². The molecule has 0 spiro atoms. The molecule has 2 heterocycles. The molecule has 4 aromatic rings. The number of H-pyrrole nitrogens is 1. The van der Waals surface area contributed by atoms with Gasteiger partial charge in [0.1, 0.15) is 6.10 Å². The number of hydrogen-bond acceptors (Lipinski definition) is 8. The molecular formula is C30H28F3N5O7. The summed E-state index contributed by atoms with van der Waals surface area (Å²) in [6.45, 7) is 2.07. The number of halogens is 3. The maximum atomic E-state index is 14.0. The summed E-state index contributed by atoms with van der Waals surface area (Å²) < 4.78 is 52.7. The molecule has 15 heteroatoms. The third-order valence-electron chi connectivity index (χ3n) is 7.41. The SMILES string of the molecule is CC(=O)Nc1nc2c(c(=O)[nH]1)n(Cc1ccc(C(F)(F)F)cc1)c(=O)n2[C@@H]1C[C@H](COC(=O)c2ccccc2)C[C@H]1OC(C)=O. The molecule has 2 aromatic carbocycles. The summed E-state index contributed by atoms with van der Waals surface area (Å²) in [6, 6.07) is 11.6. The zero-order valence-corrected chi connectivity index (χ0v) is 24.1. The van der Waals surface area contributed by atoms with Crippen molar-refractivity contribution >= 4 is 35.0 Å². The van der Waals surface area contributed by atoms with Gasteiger partial charge in [-0.2, -0.15) is 18.2 Å². The molecule has 45 heavy (non-hydrogen) atoms. The molecule has 1 fully saturated rings. The van der Waals surface area contributed by atoms with Gasteiger partial charge in [-0.3, -0.25) is 33.8 Å². The lowest BCUT2D eigenvalue weighted by Gasteiger charge is -2.20. The number of imidazole rings is 1. The Morgan fingerprint density at radius 2 is 1.71 bits per heavy atom. The Kier molecular flexibility index (Phi) is 8.62. The molecule has 2 aromatic heterocycles. The molecule has 1 saturated carbocycles. The van der Waals surface area contributed by atoms with Crippen molar-refractivity contribution in [2.75, 3.05) is 11.9 Å². The van der Waals surface area contributed by atoms with E-state index in [-0.39, 0.29) is 49.0 Å². The minimum absolute atomic E-state index is 0.0495. The predicted octanol–water partition coefficient (Wildman–Crippen LogP) is 3.65. The molecule has 12 nitrogen and oxygen atoms in total. The summed E-state index contributed by atoms with van der Waals surface area (Å²) >= 11 is 0. The first kappa shape index (κ1) is 31.2. The van der Waals surface area contributed by atoms with E-state index in [0.29, 0.717) is 11.1 Å².